The van der Waals surface area contributed by atoms with Crippen LogP contribution >= 0.6 is 11.6 Å². The number of hydrogen-bond donors (Lipinski definition) is 1. The number of rotatable bonds is 5. The summed E-state index contributed by atoms with van der Waals surface area (Å²) in [7, 11) is 0. The third-order valence-corrected chi connectivity index (χ3v) is 2.98. The van der Waals surface area contributed by atoms with E-state index in [9.17, 15) is 13.2 Å². The maximum absolute atomic E-state index is 12.7. The number of halogens is 4. The Morgan fingerprint density at radius 1 is 1.32 bits per heavy atom. The van der Waals surface area contributed by atoms with Gasteiger partial charge in [0.15, 0.2) is 0 Å². The first-order valence-electron chi connectivity index (χ1n) is 6.06. The average Bonchev–Trinajstić information content (AvgIpc) is 2.27. The van der Waals surface area contributed by atoms with Crippen molar-refractivity contribution < 1.29 is 13.2 Å². The highest BCUT2D eigenvalue weighted by Gasteiger charge is 2.32. The lowest BCUT2D eigenvalue weighted by Crippen LogP contribution is -2.39. The van der Waals surface area contributed by atoms with Gasteiger partial charge in [-0.15, -0.1) is 0 Å². The van der Waals surface area contributed by atoms with Gasteiger partial charge in [0.2, 0.25) is 0 Å². The number of anilines is 1. The van der Waals surface area contributed by atoms with Gasteiger partial charge >= 0.3 is 6.18 Å². The minimum Gasteiger partial charge on any atom is -0.360 e. The van der Waals surface area contributed by atoms with Gasteiger partial charge in [0.1, 0.15) is 6.54 Å². The Bertz CT molecular complexity index is 419. The lowest BCUT2D eigenvalue weighted by molar-refractivity contribution is -0.120. The van der Waals surface area contributed by atoms with Crippen molar-refractivity contribution in [3.63, 3.8) is 0 Å². The summed E-state index contributed by atoms with van der Waals surface area (Å²) in [6, 6.07) is 4.69. The zero-order valence-electron chi connectivity index (χ0n) is 11.0. The second-order valence-electron chi connectivity index (χ2n) is 4.65. The quantitative estimate of drug-likeness (QED) is 0.899. The van der Waals surface area contributed by atoms with Crippen molar-refractivity contribution in [1.29, 1.82) is 0 Å². The highest BCUT2D eigenvalue weighted by molar-refractivity contribution is 6.30. The van der Waals surface area contributed by atoms with Gasteiger partial charge in [-0.05, 0) is 44.5 Å². The number of nitrogens with zero attached hydrogens (tertiary/aromatic N) is 1. The normalized spacial score (nSPS) is 12.0. The second-order valence-corrected chi connectivity index (χ2v) is 5.08. The molecule has 19 heavy (non-hydrogen) atoms. The van der Waals surface area contributed by atoms with Crippen molar-refractivity contribution in [3.8, 4) is 0 Å². The van der Waals surface area contributed by atoms with E-state index in [4.69, 9.17) is 17.3 Å². The summed E-state index contributed by atoms with van der Waals surface area (Å²) in [5, 5.41) is 0.420. The molecule has 0 unspecified atom stereocenters. The Morgan fingerprint density at radius 3 is 2.42 bits per heavy atom. The highest BCUT2D eigenvalue weighted by Crippen LogP contribution is 2.30. The van der Waals surface area contributed by atoms with Crippen LogP contribution < -0.4 is 10.6 Å². The van der Waals surface area contributed by atoms with Crippen LogP contribution in [0, 0.1) is 0 Å². The fourth-order valence-electron chi connectivity index (χ4n) is 1.91. The maximum atomic E-state index is 12.7. The Labute approximate surface area is 116 Å². The van der Waals surface area contributed by atoms with E-state index in [-0.39, 0.29) is 6.04 Å². The van der Waals surface area contributed by atoms with Crippen molar-refractivity contribution >= 4 is 17.3 Å². The van der Waals surface area contributed by atoms with Crippen LogP contribution in [0.1, 0.15) is 19.4 Å². The molecule has 1 aromatic carbocycles. The summed E-state index contributed by atoms with van der Waals surface area (Å²) in [4.78, 5) is 1.30. The van der Waals surface area contributed by atoms with Gasteiger partial charge < -0.3 is 10.6 Å². The van der Waals surface area contributed by atoms with Gasteiger partial charge in [-0.25, -0.2) is 0 Å². The zero-order chi connectivity index (χ0) is 14.6. The average molecular weight is 295 g/mol. The van der Waals surface area contributed by atoms with E-state index >= 15 is 0 Å². The molecule has 0 aliphatic heterocycles. The summed E-state index contributed by atoms with van der Waals surface area (Å²) in [5.74, 6) is 0. The number of alkyl halides is 3. The van der Waals surface area contributed by atoms with Crippen LogP contribution in [0.15, 0.2) is 18.2 Å². The van der Waals surface area contributed by atoms with E-state index < -0.39 is 12.7 Å². The van der Waals surface area contributed by atoms with Crippen LogP contribution in [0.3, 0.4) is 0 Å². The monoisotopic (exact) mass is 294 g/mol. The number of hydrogen-bond acceptors (Lipinski definition) is 2. The van der Waals surface area contributed by atoms with Gasteiger partial charge in [0, 0.05) is 16.8 Å². The van der Waals surface area contributed by atoms with Gasteiger partial charge in [0.05, 0.1) is 0 Å². The van der Waals surface area contributed by atoms with Crippen LogP contribution in [0.5, 0.6) is 0 Å². The van der Waals surface area contributed by atoms with E-state index in [2.05, 4.69) is 0 Å². The second kappa shape index (κ2) is 6.48. The molecule has 0 radical (unpaired) electrons. The molecule has 0 saturated carbocycles. The van der Waals surface area contributed by atoms with E-state index in [1.807, 2.05) is 0 Å². The molecule has 0 aliphatic rings. The molecule has 0 saturated heterocycles. The van der Waals surface area contributed by atoms with E-state index in [0.717, 1.165) is 5.56 Å². The molecule has 0 aromatic heterocycles. The standard InChI is InChI=1S/C13H18ClF3N2/c1-9(2)19(8-13(15,16)17)12-7-11(14)4-3-10(12)5-6-18/h3-4,7,9H,5-6,8,18H2,1-2H3. The molecule has 6 heteroatoms. The molecule has 2 N–H and O–H groups in total. The third kappa shape index (κ3) is 4.91. The van der Waals surface area contributed by atoms with E-state index in [0.29, 0.717) is 23.7 Å². The number of nitrogens with two attached hydrogens (primary N) is 1. The summed E-state index contributed by atoms with van der Waals surface area (Å²) in [6.07, 6.45) is -3.74. The van der Waals surface area contributed by atoms with E-state index in [1.54, 1.807) is 32.0 Å². The van der Waals surface area contributed by atoms with Crippen molar-refractivity contribution in [2.75, 3.05) is 18.0 Å². The van der Waals surface area contributed by atoms with Crippen molar-refractivity contribution in [2.45, 2.75) is 32.5 Å². The third-order valence-electron chi connectivity index (χ3n) is 2.74. The van der Waals surface area contributed by atoms with Gasteiger partial charge in [-0.3, -0.25) is 0 Å². The molecule has 0 fully saturated rings. The first-order chi connectivity index (χ1) is 8.74. The van der Waals surface area contributed by atoms with Crippen LogP contribution in [-0.2, 0) is 6.42 Å². The van der Waals surface area contributed by atoms with Crippen molar-refractivity contribution in [2.24, 2.45) is 5.73 Å². The van der Waals surface area contributed by atoms with Crippen LogP contribution in [-0.4, -0.2) is 25.3 Å². The number of benzene rings is 1. The van der Waals surface area contributed by atoms with E-state index in [1.165, 1.54) is 4.90 Å². The van der Waals surface area contributed by atoms with Gasteiger partial charge in [-0.2, -0.15) is 13.2 Å². The fourth-order valence-corrected chi connectivity index (χ4v) is 2.08. The lowest BCUT2D eigenvalue weighted by Gasteiger charge is -2.31. The topological polar surface area (TPSA) is 29.3 Å². The van der Waals surface area contributed by atoms with Crippen molar-refractivity contribution in [1.82, 2.24) is 0 Å². The molecule has 108 valence electrons. The molecule has 1 rings (SSSR count). The summed E-state index contributed by atoms with van der Waals surface area (Å²) in [6.45, 7) is 2.83. The van der Waals surface area contributed by atoms with Crippen molar-refractivity contribution in [3.05, 3.63) is 28.8 Å². The summed E-state index contributed by atoms with van der Waals surface area (Å²) >= 11 is 5.90. The van der Waals surface area contributed by atoms with Gasteiger partial charge in [0.25, 0.3) is 0 Å². The molecular weight excluding hydrogens is 277 g/mol. The summed E-state index contributed by atoms with van der Waals surface area (Å²) < 4.78 is 38.0. The molecule has 0 aliphatic carbocycles. The van der Waals surface area contributed by atoms with Crippen LogP contribution in [0.4, 0.5) is 18.9 Å². The molecule has 0 spiro atoms. The molecule has 0 heterocycles. The maximum Gasteiger partial charge on any atom is 0.405 e. The Balaban J connectivity index is 3.17. The molecule has 0 bridgehead atoms. The van der Waals surface area contributed by atoms with Gasteiger partial charge in [-0.1, -0.05) is 17.7 Å². The SMILES string of the molecule is CC(C)N(CC(F)(F)F)c1cc(Cl)ccc1CCN. The fraction of sp³-hybridized carbons (Fsp3) is 0.538. The smallest absolute Gasteiger partial charge is 0.360 e. The lowest BCUT2D eigenvalue weighted by atomic mass is 10.1. The first kappa shape index (κ1) is 16.1. The Morgan fingerprint density at radius 2 is 1.95 bits per heavy atom. The minimum absolute atomic E-state index is 0.281. The van der Waals surface area contributed by atoms with Crippen LogP contribution in [0.2, 0.25) is 5.02 Å². The largest absolute Gasteiger partial charge is 0.405 e. The predicted molar refractivity (Wildman–Crippen MR) is 72.7 cm³/mol. The summed E-state index contributed by atoms with van der Waals surface area (Å²) in [5.41, 5.74) is 6.78. The Hall–Kier alpha value is -0.940. The minimum atomic E-state index is -4.26. The molecule has 2 nitrogen and oxygen atoms in total. The highest BCUT2D eigenvalue weighted by atomic mass is 35.5. The molecule has 1 aromatic rings. The Kier molecular flexibility index (Phi) is 5.50. The predicted octanol–water partition coefficient (Wildman–Crippen LogP) is 3.62. The van der Waals surface area contributed by atoms with Crippen LogP contribution in [0.25, 0.3) is 0 Å². The molecular formula is C13H18ClF3N2. The molecule has 0 atom stereocenters. The molecule has 0 amide bonds. The first-order valence-corrected chi connectivity index (χ1v) is 6.44. The zero-order valence-corrected chi connectivity index (χ0v) is 11.7.